The van der Waals surface area contributed by atoms with Crippen molar-refractivity contribution in [1.29, 1.82) is 0 Å². The van der Waals surface area contributed by atoms with Crippen LogP contribution in [0.2, 0.25) is 0 Å². The van der Waals surface area contributed by atoms with E-state index in [-0.39, 0.29) is 22.5 Å². The van der Waals surface area contributed by atoms with Crippen molar-refractivity contribution in [2.24, 2.45) is 0 Å². The van der Waals surface area contributed by atoms with Gasteiger partial charge in [-0.3, -0.25) is 4.90 Å². The summed E-state index contributed by atoms with van der Waals surface area (Å²) in [5.74, 6) is -1.28. The van der Waals surface area contributed by atoms with Gasteiger partial charge in [0, 0.05) is 17.3 Å². The smallest absolute Gasteiger partial charge is 0.258 e. The molecule has 4 aromatic rings. The van der Waals surface area contributed by atoms with Crippen LogP contribution in [-0.4, -0.2) is 15.3 Å². The highest BCUT2D eigenvalue weighted by Gasteiger charge is 2.35. The molecule has 0 bridgehead atoms. The van der Waals surface area contributed by atoms with Gasteiger partial charge in [-0.2, -0.15) is 4.98 Å². The third-order valence-corrected chi connectivity index (χ3v) is 6.06. The van der Waals surface area contributed by atoms with Crippen LogP contribution in [-0.2, 0) is 0 Å². The molecule has 1 aromatic heterocycles. The van der Waals surface area contributed by atoms with Crippen LogP contribution in [0.3, 0.4) is 0 Å². The van der Waals surface area contributed by atoms with E-state index >= 15 is 0 Å². The van der Waals surface area contributed by atoms with Gasteiger partial charge in [0.25, 0.3) is 5.89 Å². The Morgan fingerprint density at radius 3 is 2.20 bits per heavy atom. The van der Waals surface area contributed by atoms with E-state index in [4.69, 9.17) is 16.7 Å². The summed E-state index contributed by atoms with van der Waals surface area (Å²) in [7, 11) is 0. The average Bonchev–Trinajstić information content (AvgIpc) is 3.29. The van der Waals surface area contributed by atoms with Gasteiger partial charge >= 0.3 is 0 Å². The average molecular weight is 493 g/mol. The van der Waals surface area contributed by atoms with Crippen LogP contribution in [0.15, 0.2) is 77.0 Å². The second-order valence-corrected chi connectivity index (χ2v) is 8.57. The molecule has 0 aliphatic carbocycles. The van der Waals surface area contributed by atoms with Gasteiger partial charge in [0.15, 0.2) is 5.11 Å². The molecule has 2 heterocycles. The molecule has 5 nitrogen and oxygen atoms in total. The minimum Gasteiger partial charge on any atom is -0.351 e. The van der Waals surface area contributed by atoms with Crippen LogP contribution in [0, 0.1) is 24.4 Å². The molecule has 0 saturated heterocycles. The Bertz CT molecular complexity index is 1430. The molecule has 1 atom stereocenters. The van der Waals surface area contributed by atoms with E-state index in [2.05, 4.69) is 15.5 Å². The van der Waals surface area contributed by atoms with Crippen molar-refractivity contribution in [3.05, 3.63) is 107 Å². The van der Waals surface area contributed by atoms with E-state index in [0.717, 1.165) is 17.2 Å². The molecule has 0 fully saturated rings. The lowest BCUT2D eigenvalue weighted by Crippen LogP contribution is -2.46. The van der Waals surface area contributed by atoms with Crippen LogP contribution in [0.4, 0.5) is 18.9 Å². The summed E-state index contributed by atoms with van der Waals surface area (Å²) in [6, 6.07) is 16.2. The van der Waals surface area contributed by atoms with Crippen molar-refractivity contribution >= 4 is 28.6 Å². The first-order chi connectivity index (χ1) is 16.8. The number of benzene rings is 3. The molecular weight excluding hydrogens is 473 g/mol. The Balaban J connectivity index is 1.66. The standard InChI is InChI=1S/C26H19F3N4OS/c1-14-3-5-17(6-4-14)24-31-25(34-32-24)22-15(2)33(21-12-19(28)11-20(29)13-21)26(35)30-23(22)16-7-9-18(27)10-8-16/h3-13,23H,1-2H3,(H,30,35). The van der Waals surface area contributed by atoms with E-state index in [0.29, 0.717) is 22.7 Å². The second-order valence-electron chi connectivity index (χ2n) is 8.19. The number of hydrogen-bond donors (Lipinski definition) is 1. The summed E-state index contributed by atoms with van der Waals surface area (Å²) in [5, 5.41) is 7.52. The first-order valence-electron chi connectivity index (χ1n) is 10.7. The fourth-order valence-electron chi connectivity index (χ4n) is 4.06. The number of nitrogens with zero attached hydrogens (tertiary/aromatic N) is 3. The number of hydrogen-bond acceptors (Lipinski definition) is 4. The predicted molar refractivity (Wildman–Crippen MR) is 131 cm³/mol. The summed E-state index contributed by atoms with van der Waals surface area (Å²) in [6.45, 7) is 3.73. The monoisotopic (exact) mass is 492 g/mol. The Kier molecular flexibility index (Phi) is 5.86. The van der Waals surface area contributed by atoms with Gasteiger partial charge in [0.2, 0.25) is 5.82 Å². The number of halogens is 3. The van der Waals surface area contributed by atoms with Crippen LogP contribution in [0.25, 0.3) is 17.0 Å². The lowest BCUT2D eigenvalue weighted by molar-refractivity contribution is 0.404. The quantitative estimate of drug-likeness (QED) is 0.336. The molecule has 1 aliphatic rings. The minimum atomic E-state index is -0.739. The van der Waals surface area contributed by atoms with E-state index < -0.39 is 17.7 Å². The maximum absolute atomic E-state index is 14.0. The molecular formula is C26H19F3N4OS. The largest absolute Gasteiger partial charge is 0.351 e. The predicted octanol–water partition coefficient (Wildman–Crippen LogP) is 6.33. The van der Waals surface area contributed by atoms with Gasteiger partial charge in [-0.25, -0.2) is 13.2 Å². The molecule has 0 amide bonds. The minimum absolute atomic E-state index is 0.198. The highest BCUT2D eigenvalue weighted by Crippen LogP contribution is 2.39. The number of nitrogens with one attached hydrogen (secondary N) is 1. The zero-order valence-corrected chi connectivity index (χ0v) is 19.5. The van der Waals surface area contributed by atoms with Gasteiger partial charge in [0.1, 0.15) is 17.5 Å². The molecule has 0 saturated carbocycles. The number of allylic oxidation sites excluding steroid dienone is 1. The topological polar surface area (TPSA) is 54.2 Å². The Labute approximate surface area is 204 Å². The van der Waals surface area contributed by atoms with Gasteiger partial charge in [-0.05, 0) is 55.9 Å². The fourth-order valence-corrected chi connectivity index (χ4v) is 4.42. The highest BCUT2D eigenvalue weighted by atomic mass is 32.1. The summed E-state index contributed by atoms with van der Waals surface area (Å²) >= 11 is 5.57. The fraction of sp³-hybridized carbons (Fsp3) is 0.115. The summed E-state index contributed by atoms with van der Waals surface area (Å²) in [6.07, 6.45) is 0. The van der Waals surface area contributed by atoms with Gasteiger partial charge in [0.05, 0.1) is 17.3 Å². The summed E-state index contributed by atoms with van der Waals surface area (Å²) < 4.78 is 47.3. The molecule has 35 heavy (non-hydrogen) atoms. The first kappa shape index (κ1) is 22.8. The molecule has 5 rings (SSSR count). The zero-order valence-electron chi connectivity index (χ0n) is 18.7. The van der Waals surface area contributed by atoms with E-state index in [1.54, 1.807) is 19.1 Å². The van der Waals surface area contributed by atoms with Crippen molar-refractivity contribution in [3.63, 3.8) is 0 Å². The van der Waals surface area contributed by atoms with Gasteiger partial charge in [-0.1, -0.05) is 47.1 Å². The second kappa shape index (κ2) is 8.99. The zero-order chi connectivity index (χ0) is 24.7. The molecule has 0 spiro atoms. The van der Waals surface area contributed by atoms with Crippen molar-refractivity contribution in [1.82, 2.24) is 15.5 Å². The number of anilines is 1. The molecule has 9 heteroatoms. The van der Waals surface area contributed by atoms with Crippen LogP contribution in [0.1, 0.15) is 30.0 Å². The normalized spacial score (nSPS) is 16.0. The summed E-state index contributed by atoms with van der Waals surface area (Å²) in [4.78, 5) is 6.10. The van der Waals surface area contributed by atoms with Crippen molar-refractivity contribution in [2.45, 2.75) is 19.9 Å². The first-order valence-corrected chi connectivity index (χ1v) is 11.1. The number of aromatic nitrogens is 2. The Hall–Kier alpha value is -3.98. The number of aryl methyl sites for hydroxylation is 1. The lowest BCUT2D eigenvalue weighted by Gasteiger charge is -2.37. The van der Waals surface area contributed by atoms with Gasteiger partial charge < -0.3 is 9.84 Å². The number of thiocarbonyl (C=S) groups is 1. The number of rotatable bonds is 4. The molecule has 1 aliphatic heterocycles. The van der Waals surface area contributed by atoms with Crippen LogP contribution < -0.4 is 10.2 Å². The van der Waals surface area contributed by atoms with E-state index in [1.807, 2.05) is 31.2 Å². The van der Waals surface area contributed by atoms with Crippen molar-refractivity contribution < 1.29 is 17.7 Å². The van der Waals surface area contributed by atoms with E-state index in [1.165, 1.54) is 29.2 Å². The highest BCUT2D eigenvalue weighted by molar-refractivity contribution is 7.80. The van der Waals surface area contributed by atoms with Crippen molar-refractivity contribution in [2.75, 3.05) is 4.90 Å². The maximum atomic E-state index is 14.0. The Morgan fingerprint density at radius 2 is 1.54 bits per heavy atom. The molecule has 1 N–H and O–H groups in total. The molecule has 176 valence electrons. The van der Waals surface area contributed by atoms with Crippen LogP contribution in [0.5, 0.6) is 0 Å². The van der Waals surface area contributed by atoms with E-state index in [9.17, 15) is 13.2 Å². The lowest BCUT2D eigenvalue weighted by atomic mass is 9.94. The molecule has 1 unspecified atom stereocenters. The SMILES string of the molecule is CC1=C(c2nc(-c3ccc(C)cc3)no2)C(c2ccc(F)cc2)NC(=S)N1c1cc(F)cc(F)c1. The third-order valence-electron chi connectivity index (χ3n) is 5.76. The van der Waals surface area contributed by atoms with Crippen molar-refractivity contribution in [3.8, 4) is 11.4 Å². The molecule has 0 radical (unpaired) electrons. The Morgan fingerprint density at radius 1 is 0.886 bits per heavy atom. The molecule has 3 aromatic carbocycles. The van der Waals surface area contributed by atoms with Crippen LogP contribution >= 0.6 is 12.2 Å². The maximum Gasteiger partial charge on any atom is 0.258 e. The van der Waals surface area contributed by atoms with Gasteiger partial charge in [-0.15, -0.1) is 0 Å². The third kappa shape index (κ3) is 4.42. The summed E-state index contributed by atoms with van der Waals surface area (Å²) in [5.41, 5.74) is 3.84.